The van der Waals surface area contributed by atoms with Gasteiger partial charge >= 0.3 is 49.0 Å². The number of hydrogen-bond acceptors (Lipinski definition) is 13. The van der Waals surface area contributed by atoms with Crippen molar-refractivity contribution < 1.29 is 110 Å². The number of hydrazine groups is 1. The minimum absolute atomic E-state index is 0.0117. The molecule has 0 spiro atoms. The number of benzene rings is 6. The number of piperidine rings is 2. The molecule has 6 aromatic rings. The van der Waals surface area contributed by atoms with E-state index < -0.39 is 142 Å². The van der Waals surface area contributed by atoms with Crippen LogP contribution in [0.1, 0.15) is 141 Å². The van der Waals surface area contributed by atoms with Crippen molar-refractivity contribution in [2.45, 2.75) is 151 Å². The van der Waals surface area contributed by atoms with Crippen LogP contribution in [0.15, 0.2) is 158 Å². The van der Waals surface area contributed by atoms with Crippen LogP contribution in [0.4, 0.5) is 71.9 Å². The van der Waals surface area contributed by atoms with Crippen molar-refractivity contribution in [2.24, 2.45) is 5.73 Å². The molecule has 3 aliphatic heterocycles. The summed E-state index contributed by atoms with van der Waals surface area (Å²) >= 11 is 0. The van der Waals surface area contributed by atoms with Gasteiger partial charge in [0.1, 0.15) is 29.9 Å². The molecule has 20 nitrogen and oxygen atoms in total. The topological polar surface area (TPSA) is 250 Å². The Morgan fingerprint density at radius 2 is 0.868 bits per heavy atom. The Hall–Kier alpha value is -9.66. The van der Waals surface area contributed by atoms with Crippen LogP contribution < -0.4 is 32.5 Å². The molecule has 2 unspecified atom stereocenters. The van der Waals surface area contributed by atoms with Crippen LogP contribution in [0.2, 0.25) is 0 Å². The van der Waals surface area contributed by atoms with E-state index >= 15 is 0 Å². The molecule has 3 heterocycles. The van der Waals surface area contributed by atoms with Gasteiger partial charge in [0.25, 0.3) is 0 Å². The first-order valence-electron chi connectivity index (χ1n) is 33.5. The number of alkyl halides is 12. The second kappa shape index (κ2) is 35.2. The fraction of sp³-hybridized carbons (Fsp3) is 0.432. The molecule has 576 valence electrons. The monoisotopic (exact) mass is 1500 g/mol. The summed E-state index contributed by atoms with van der Waals surface area (Å²) in [6.45, 7) is 7.30. The maximum Gasteiger partial charge on any atom is 0.426 e. The minimum Gasteiger partial charge on any atom is -0.445 e. The molecule has 3 fully saturated rings. The van der Waals surface area contributed by atoms with Crippen LogP contribution in [-0.2, 0) is 87.0 Å². The highest BCUT2D eigenvalue weighted by Crippen LogP contribution is 2.47. The Kier molecular flexibility index (Phi) is 27.7. The van der Waals surface area contributed by atoms with Crippen LogP contribution in [-0.4, -0.2) is 116 Å². The number of carbonyl (C=O) groups is 6. The van der Waals surface area contributed by atoms with Crippen LogP contribution in [0.25, 0.3) is 0 Å². The van der Waals surface area contributed by atoms with Crippen molar-refractivity contribution in [3.05, 3.63) is 213 Å². The van der Waals surface area contributed by atoms with Crippen LogP contribution in [0, 0.1) is 0 Å². The largest absolute Gasteiger partial charge is 0.445 e. The summed E-state index contributed by atoms with van der Waals surface area (Å²) in [6, 6.07) is 35.6. The highest BCUT2D eigenvalue weighted by Gasteiger charge is 2.57. The minimum atomic E-state index is -5.10. The highest BCUT2D eigenvalue weighted by atomic mass is 19.4. The number of nitrogens with zero attached hydrogens (tertiary/aromatic N) is 2. The van der Waals surface area contributed by atoms with E-state index in [1.807, 2.05) is 0 Å². The average Bonchev–Trinajstić information content (AvgIpc) is 0.866. The zero-order valence-electron chi connectivity index (χ0n) is 59.0. The standard InChI is InChI=1S/C38H43F6N5O7.C32H33F6N3O4.C4H8O/c1-24(26-18-28(37(39,40)41)20-29(19-26)38(42,43)44)55-23-36(27-14-10-7-11-15-27)17-16-35(30(50)45-5,46-31(51)47-48-32(52)56-34(2,3)4)22-49(36)33(53)54-21-25-12-8-6-9-13-25;1-21(23-15-25(31(33,34)35)17-26(16-23)32(36,37)38)45-20-30(24-11-7-4-8-12-24)14-13-29(39,27(42)40-2)19-41(30)28(43)44-18-22-9-5-3-6-10-22;1-2-4-5-3-1/h6-15,18-20,24H,16-17,21-23H2,1-5H3,(H,45,50)(H,48,52)(H2,46,47,51);3-12,15-17,21H,13-14,18-20,39H2,1-2H3,(H,40,42);1-4H2/t24-,35?,36-;21-,29?,30-;/m11./s1. The molecule has 0 aliphatic carbocycles. The summed E-state index contributed by atoms with van der Waals surface area (Å²) in [6.07, 6.45) is -23.4. The second-order valence-electron chi connectivity index (χ2n) is 26.6. The van der Waals surface area contributed by atoms with Crippen molar-refractivity contribution in [1.82, 2.24) is 36.6 Å². The van der Waals surface area contributed by atoms with Gasteiger partial charge in [-0.25, -0.2) is 30.0 Å². The Bertz CT molecular complexity index is 3860. The molecule has 0 saturated carbocycles. The van der Waals surface area contributed by atoms with Gasteiger partial charge in [-0.3, -0.25) is 19.4 Å². The molecule has 0 bridgehead atoms. The van der Waals surface area contributed by atoms with Crippen LogP contribution in [0.3, 0.4) is 0 Å². The van der Waals surface area contributed by atoms with E-state index in [-0.39, 0.29) is 69.7 Å². The van der Waals surface area contributed by atoms with Crippen molar-refractivity contribution in [2.75, 3.05) is 53.6 Å². The zero-order valence-corrected chi connectivity index (χ0v) is 59.0. The van der Waals surface area contributed by atoms with Gasteiger partial charge in [0.05, 0.1) is 71.8 Å². The summed E-state index contributed by atoms with van der Waals surface area (Å²) in [4.78, 5) is 82.4. The van der Waals surface area contributed by atoms with Gasteiger partial charge in [0, 0.05) is 27.3 Å². The zero-order chi connectivity index (χ0) is 78.1. The summed E-state index contributed by atoms with van der Waals surface area (Å²) < 4.78 is 197. The van der Waals surface area contributed by atoms with Gasteiger partial charge < -0.3 is 50.1 Å². The summed E-state index contributed by atoms with van der Waals surface area (Å²) in [5, 5.41) is 7.53. The number of likely N-dealkylation sites (N-methyl/N-ethyl adjacent to an activating group) is 2. The lowest BCUT2D eigenvalue weighted by atomic mass is 9.74. The van der Waals surface area contributed by atoms with E-state index in [0.717, 1.165) is 18.1 Å². The average molecular weight is 1510 g/mol. The van der Waals surface area contributed by atoms with E-state index in [4.69, 9.17) is 34.2 Å². The number of ether oxygens (including phenoxy) is 6. The lowest BCUT2D eigenvalue weighted by molar-refractivity contribution is -0.145. The molecule has 0 aromatic heterocycles. The molecule has 6 atom stereocenters. The van der Waals surface area contributed by atoms with Gasteiger partial charge in [-0.1, -0.05) is 121 Å². The molecule has 7 N–H and O–H groups in total. The first-order valence-corrected chi connectivity index (χ1v) is 33.5. The van der Waals surface area contributed by atoms with E-state index in [9.17, 15) is 81.5 Å². The van der Waals surface area contributed by atoms with Gasteiger partial charge in [0.2, 0.25) is 11.8 Å². The van der Waals surface area contributed by atoms with E-state index in [1.165, 1.54) is 45.7 Å². The van der Waals surface area contributed by atoms with Gasteiger partial charge in [-0.15, -0.1) is 0 Å². The molecule has 6 aromatic carbocycles. The first kappa shape index (κ1) is 83.6. The number of carbonyl (C=O) groups excluding carboxylic acids is 6. The second-order valence-corrected chi connectivity index (χ2v) is 26.6. The van der Waals surface area contributed by atoms with E-state index in [2.05, 4.69) is 26.8 Å². The number of rotatable bonds is 17. The predicted octanol–water partition coefficient (Wildman–Crippen LogP) is 14.7. The number of hydrogen-bond donors (Lipinski definition) is 6. The number of nitrogens with two attached hydrogens (primary N) is 1. The van der Waals surface area contributed by atoms with Crippen molar-refractivity contribution >= 4 is 36.1 Å². The summed E-state index contributed by atoms with van der Waals surface area (Å²) in [7, 11) is 2.71. The predicted molar refractivity (Wildman–Crippen MR) is 362 cm³/mol. The third-order valence-corrected chi connectivity index (χ3v) is 17.8. The van der Waals surface area contributed by atoms with Crippen molar-refractivity contribution in [1.29, 1.82) is 0 Å². The van der Waals surface area contributed by atoms with E-state index in [0.29, 0.717) is 46.5 Å². The Morgan fingerprint density at radius 3 is 1.22 bits per heavy atom. The van der Waals surface area contributed by atoms with E-state index in [1.54, 1.807) is 142 Å². The normalized spacial score (nSPS) is 20.3. The Labute approximate surface area is 604 Å². The molecule has 3 saturated heterocycles. The highest BCUT2D eigenvalue weighted by molar-refractivity contribution is 5.92. The summed E-state index contributed by atoms with van der Waals surface area (Å²) in [5.74, 6) is -1.27. The SMILES string of the molecule is C1CCOC1.CNC(=O)C1(N)CC[C@@](CO[C@H](C)c2cc(C(F)(F)F)cc(C(F)(F)F)c2)(c2ccccc2)N(C(=O)OCc2ccccc2)C1.CNC(=O)C1(NC(=O)NNC(=O)OC(C)(C)C)CC[C@@](CO[C@H](C)c2cc(C(F)(F)F)cc(C(F)(F)F)c2)(c2ccccc2)N(C(=O)OCc2ccccc2)C1. The third-order valence-electron chi connectivity index (χ3n) is 17.8. The molecule has 3 aliphatic rings. The quantitative estimate of drug-likeness (QED) is 0.0283. The number of likely N-dealkylation sites (tertiary alicyclic amines) is 2. The van der Waals surface area contributed by atoms with Gasteiger partial charge in [0.15, 0.2) is 0 Å². The summed E-state index contributed by atoms with van der Waals surface area (Å²) in [5.41, 5.74) is -1.07. The molecule has 32 heteroatoms. The number of amides is 7. The van der Waals surface area contributed by atoms with Crippen molar-refractivity contribution in [3.63, 3.8) is 0 Å². The maximum absolute atomic E-state index is 14.3. The van der Waals surface area contributed by atoms with Gasteiger partial charge in [-0.2, -0.15) is 52.7 Å². The lowest BCUT2D eigenvalue weighted by Gasteiger charge is -2.52. The molecule has 7 amide bonds. The van der Waals surface area contributed by atoms with Crippen molar-refractivity contribution in [3.8, 4) is 0 Å². The first-order chi connectivity index (χ1) is 49.7. The maximum atomic E-state index is 14.3. The fourth-order valence-corrected chi connectivity index (χ4v) is 12.1. The molecule has 9 rings (SSSR count). The number of halogens is 12. The van der Waals surface area contributed by atoms with Crippen LogP contribution in [0.5, 0.6) is 0 Å². The fourth-order valence-electron chi connectivity index (χ4n) is 12.1. The molecule has 106 heavy (non-hydrogen) atoms. The van der Waals surface area contributed by atoms with Crippen LogP contribution >= 0.6 is 0 Å². The third kappa shape index (κ3) is 22.2. The lowest BCUT2D eigenvalue weighted by Crippen LogP contribution is -2.72. The molecule has 0 radical (unpaired) electrons. The molecular formula is C74H84F12N8O12. The Morgan fingerprint density at radius 1 is 0.500 bits per heavy atom. The number of nitrogens with one attached hydrogen (secondary N) is 5. The smallest absolute Gasteiger partial charge is 0.426 e. The van der Waals surface area contributed by atoms with Gasteiger partial charge in [-0.05, 0) is 143 Å². The molecular weight excluding hydrogens is 1420 g/mol. The Balaban J connectivity index is 0.000000282. The number of urea groups is 1.